The minimum Gasteiger partial charge on any atom is -0.348 e. The number of nitriles is 1. The molecular formula is C32H32ClN5O3. The Morgan fingerprint density at radius 2 is 1.54 bits per heavy atom. The number of hydrogen-bond donors (Lipinski definition) is 1. The molecule has 0 saturated carbocycles. The molecule has 210 valence electrons. The number of Topliss-reactive ketones (excluding diaryl/α,β-unsaturated/α-hetero) is 1. The van der Waals surface area contributed by atoms with E-state index in [-0.39, 0.29) is 35.3 Å². The number of carbonyl (C=O) groups excluding carboxylic acids is 3. The molecule has 0 radical (unpaired) electrons. The number of piperidine rings is 2. The molecule has 0 atom stereocenters. The highest BCUT2D eigenvalue weighted by molar-refractivity contribution is 6.30. The number of aromatic nitrogens is 1. The summed E-state index contributed by atoms with van der Waals surface area (Å²) in [5.74, 6) is -0.414. The third kappa shape index (κ3) is 7.18. The van der Waals surface area contributed by atoms with E-state index < -0.39 is 0 Å². The number of benzene rings is 2. The van der Waals surface area contributed by atoms with Gasteiger partial charge in [-0.05, 0) is 79.8 Å². The number of nitrogens with one attached hydrogen (secondary N) is 1. The Kier molecular flexibility index (Phi) is 9.07. The van der Waals surface area contributed by atoms with Crippen LogP contribution in [0.1, 0.15) is 68.0 Å². The number of nitrogens with zero attached hydrogens (tertiary/aromatic N) is 4. The molecule has 1 N–H and O–H groups in total. The van der Waals surface area contributed by atoms with E-state index in [1.807, 2.05) is 24.3 Å². The van der Waals surface area contributed by atoms with Gasteiger partial charge in [-0.2, -0.15) is 5.26 Å². The standard InChI is InChI=1S/C32H32ClN5O3/c33-27-8-5-24(6-9-27)30(39)25-11-17-38(18-12-25)32(41)26-7-10-29(35-20-26)31(40)36-28-13-15-37(16-14-28)21-23-3-1-22(19-34)2-4-23/h1-10,20,25,28H,11-18,21H2,(H,36,40). The van der Waals surface area contributed by atoms with Crippen LogP contribution < -0.4 is 5.32 Å². The van der Waals surface area contributed by atoms with Gasteiger partial charge < -0.3 is 10.2 Å². The van der Waals surface area contributed by atoms with Crippen molar-refractivity contribution in [3.8, 4) is 6.07 Å². The van der Waals surface area contributed by atoms with Crippen LogP contribution in [0.3, 0.4) is 0 Å². The normalized spacial score (nSPS) is 16.6. The summed E-state index contributed by atoms with van der Waals surface area (Å²) in [6.07, 6.45) is 4.35. The van der Waals surface area contributed by atoms with Crippen molar-refractivity contribution in [1.29, 1.82) is 5.26 Å². The second-order valence-electron chi connectivity index (χ2n) is 10.7. The van der Waals surface area contributed by atoms with E-state index in [1.165, 1.54) is 11.8 Å². The molecule has 2 amide bonds. The van der Waals surface area contributed by atoms with Gasteiger partial charge in [0, 0.05) is 61.5 Å². The molecule has 2 fully saturated rings. The zero-order valence-electron chi connectivity index (χ0n) is 22.8. The lowest BCUT2D eigenvalue weighted by Gasteiger charge is -2.32. The van der Waals surface area contributed by atoms with E-state index >= 15 is 0 Å². The van der Waals surface area contributed by atoms with Crippen LogP contribution in [0.2, 0.25) is 5.02 Å². The minimum absolute atomic E-state index is 0.0692. The topological polar surface area (TPSA) is 106 Å². The van der Waals surface area contributed by atoms with Crippen molar-refractivity contribution in [2.24, 2.45) is 5.92 Å². The highest BCUT2D eigenvalue weighted by atomic mass is 35.5. The van der Waals surface area contributed by atoms with E-state index in [0.29, 0.717) is 47.6 Å². The molecular weight excluding hydrogens is 538 g/mol. The van der Waals surface area contributed by atoms with Crippen LogP contribution in [0, 0.1) is 17.2 Å². The second kappa shape index (κ2) is 13.1. The molecule has 8 nitrogen and oxygen atoms in total. The summed E-state index contributed by atoms with van der Waals surface area (Å²) in [5.41, 5.74) is 3.19. The van der Waals surface area contributed by atoms with E-state index in [0.717, 1.165) is 32.5 Å². The van der Waals surface area contributed by atoms with Crippen LogP contribution in [0.15, 0.2) is 66.9 Å². The first-order valence-corrected chi connectivity index (χ1v) is 14.3. The van der Waals surface area contributed by atoms with Crippen molar-refractivity contribution >= 4 is 29.2 Å². The lowest BCUT2D eigenvalue weighted by atomic mass is 9.88. The lowest BCUT2D eigenvalue weighted by Crippen LogP contribution is -2.44. The molecule has 5 rings (SSSR count). The SMILES string of the molecule is N#Cc1ccc(CN2CCC(NC(=O)c3ccc(C(=O)N4CCC(C(=O)c5ccc(Cl)cc5)CC4)cn3)CC2)cc1. The predicted octanol–water partition coefficient (Wildman–Crippen LogP) is 4.74. The number of pyridine rings is 1. The van der Waals surface area contributed by atoms with Gasteiger partial charge in [-0.15, -0.1) is 0 Å². The fourth-order valence-corrected chi connectivity index (χ4v) is 5.60. The van der Waals surface area contributed by atoms with E-state index in [4.69, 9.17) is 16.9 Å². The maximum absolute atomic E-state index is 13.0. The third-order valence-corrected chi connectivity index (χ3v) is 8.19. The molecule has 2 aliphatic rings. The number of carbonyl (C=O) groups is 3. The minimum atomic E-state index is -0.240. The Labute approximate surface area is 244 Å². The van der Waals surface area contributed by atoms with Gasteiger partial charge in [-0.3, -0.25) is 24.3 Å². The van der Waals surface area contributed by atoms with Gasteiger partial charge in [0.1, 0.15) is 5.69 Å². The summed E-state index contributed by atoms with van der Waals surface area (Å²) >= 11 is 5.93. The van der Waals surface area contributed by atoms with Gasteiger partial charge >= 0.3 is 0 Å². The van der Waals surface area contributed by atoms with Gasteiger partial charge in [0.05, 0.1) is 17.2 Å². The Bertz CT molecular complexity index is 1420. The first kappa shape index (κ1) is 28.5. The van der Waals surface area contributed by atoms with Gasteiger partial charge in [-0.1, -0.05) is 23.7 Å². The zero-order valence-corrected chi connectivity index (χ0v) is 23.5. The summed E-state index contributed by atoms with van der Waals surface area (Å²) in [7, 11) is 0. The summed E-state index contributed by atoms with van der Waals surface area (Å²) in [4.78, 5) is 47.0. The highest BCUT2D eigenvalue weighted by Gasteiger charge is 2.29. The van der Waals surface area contributed by atoms with Crippen molar-refractivity contribution in [3.05, 3.63) is 99.8 Å². The predicted molar refractivity (Wildman–Crippen MR) is 156 cm³/mol. The Morgan fingerprint density at radius 3 is 2.15 bits per heavy atom. The molecule has 2 aromatic carbocycles. The fourth-order valence-electron chi connectivity index (χ4n) is 5.47. The van der Waals surface area contributed by atoms with Crippen molar-refractivity contribution in [2.75, 3.05) is 26.2 Å². The van der Waals surface area contributed by atoms with Crippen molar-refractivity contribution in [2.45, 2.75) is 38.3 Å². The Morgan fingerprint density at radius 1 is 0.878 bits per heavy atom. The average molecular weight is 570 g/mol. The van der Waals surface area contributed by atoms with Gasteiger partial charge in [0.15, 0.2) is 5.78 Å². The maximum Gasteiger partial charge on any atom is 0.270 e. The molecule has 2 aliphatic heterocycles. The summed E-state index contributed by atoms with van der Waals surface area (Å²) < 4.78 is 0. The third-order valence-electron chi connectivity index (χ3n) is 7.94. The van der Waals surface area contributed by atoms with Crippen LogP contribution in [0.4, 0.5) is 0 Å². The Hall–Kier alpha value is -4.06. The number of amides is 2. The lowest BCUT2D eigenvalue weighted by molar-refractivity contribution is 0.0649. The van der Waals surface area contributed by atoms with Gasteiger partial charge in [0.2, 0.25) is 0 Å². The van der Waals surface area contributed by atoms with Crippen LogP contribution in [0.25, 0.3) is 0 Å². The van der Waals surface area contributed by atoms with Crippen LogP contribution in [-0.2, 0) is 6.54 Å². The van der Waals surface area contributed by atoms with Crippen LogP contribution in [-0.4, -0.2) is 64.6 Å². The summed E-state index contributed by atoms with van der Waals surface area (Å²) in [5, 5.41) is 12.6. The van der Waals surface area contributed by atoms with Gasteiger partial charge in [0.25, 0.3) is 11.8 Å². The van der Waals surface area contributed by atoms with Crippen LogP contribution in [0.5, 0.6) is 0 Å². The smallest absolute Gasteiger partial charge is 0.270 e. The molecule has 3 aromatic rings. The highest BCUT2D eigenvalue weighted by Crippen LogP contribution is 2.24. The zero-order chi connectivity index (χ0) is 28.8. The molecule has 0 bridgehead atoms. The van der Waals surface area contributed by atoms with Gasteiger partial charge in [-0.25, -0.2) is 0 Å². The summed E-state index contributed by atoms with van der Waals surface area (Å²) in [6.45, 7) is 3.55. The van der Waals surface area contributed by atoms with E-state index in [2.05, 4.69) is 21.3 Å². The molecule has 2 saturated heterocycles. The molecule has 0 aliphatic carbocycles. The molecule has 9 heteroatoms. The van der Waals surface area contributed by atoms with Crippen molar-refractivity contribution < 1.29 is 14.4 Å². The number of likely N-dealkylation sites (tertiary alicyclic amines) is 2. The van der Waals surface area contributed by atoms with Crippen LogP contribution >= 0.6 is 11.6 Å². The molecule has 3 heterocycles. The first-order valence-electron chi connectivity index (χ1n) is 14.0. The molecule has 0 unspecified atom stereocenters. The number of halogens is 1. The number of hydrogen-bond acceptors (Lipinski definition) is 6. The molecule has 41 heavy (non-hydrogen) atoms. The molecule has 0 spiro atoms. The van der Waals surface area contributed by atoms with Crippen molar-refractivity contribution in [1.82, 2.24) is 20.1 Å². The van der Waals surface area contributed by atoms with E-state index in [9.17, 15) is 14.4 Å². The number of rotatable bonds is 7. The largest absolute Gasteiger partial charge is 0.348 e. The average Bonchev–Trinajstić information content (AvgIpc) is 3.02. The molecule has 1 aromatic heterocycles. The number of ketones is 1. The van der Waals surface area contributed by atoms with Crippen molar-refractivity contribution in [3.63, 3.8) is 0 Å². The summed E-state index contributed by atoms with van der Waals surface area (Å²) in [6, 6.07) is 20.0. The first-order chi connectivity index (χ1) is 19.9. The maximum atomic E-state index is 13.0. The van der Waals surface area contributed by atoms with E-state index in [1.54, 1.807) is 41.3 Å². The quantitative estimate of drug-likeness (QED) is 0.412. The second-order valence-corrected chi connectivity index (χ2v) is 11.1. The Balaban J connectivity index is 1.07. The fraction of sp³-hybridized carbons (Fsp3) is 0.344. The monoisotopic (exact) mass is 569 g/mol.